The Morgan fingerprint density at radius 3 is 2.61 bits per heavy atom. The highest BCUT2D eigenvalue weighted by molar-refractivity contribution is 5.99. The molecule has 1 heterocycles. The third-order valence-corrected chi connectivity index (χ3v) is 4.01. The lowest BCUT2D eigenvalue weighted by molar-refractivity contribution is 0.0727. The fraction of sp³-hybridized carbons (Fsp3) is 0.333. The molecule has 1 N–H and O–H groups in total. The Labute approximate surface area is 134 Å². The van der Waals surface area contributed by atoms with Crippen molar-refractivity contribution in [1.82, 2.24) is 4.90 Å². The molecular formula is C18H19NO4. The van der Waals surface area contributed by atoms with Gasteiger partial charge < -0.3 is 14.4 Å². The molecular weight excluding hydrogens is 294 g/mol. The first kappa shape index (κ1) is 15.3. The molecule has 0 radical (unpaired) electrons. The van der Waals surface area contributed by atoms with Gasteiger partial charge >= 0.3 is 0 Å². The minimum atomic E-state index is -0.196. The molecule has 0 aliphatic heterocycles. The number of ketones is 1. The quantitative estimate of drug-likeness (QED) is 0.860. The van der Waals surface area contributed by atoms with E-state index >= 15 is 0 Å². The smallest absolute Gasteiger partial charge is 0.257 e. The molecule has 1 fully saturated rings. The van der Waals surface area contributed by atoms with Gasteiger partial charge in [0.25, 0.3) is 5.91 Å². The highest BCUT2D eigenvalue weighted by Crippen LogP contribution is 2.31. The van der Waals surface area contributed by atoms with E-state index in [0.29, 0.717) is 17.9 Å². The zero-order chi connectivity index (χ0) is 16.6. The van der Waals surface area contributed by atoms with Gasteiger partial charge in [0.15, 0.2) is 11.5 Å². The monoisotopic (exact) mass is 313 g/mol. The number of carbonyl (C=O) groups excluding carboxylic acids is 2. The first-order valence-corrected chi connectivity index (χ1v) is 7.66. The van der Waals surface area contributed by atoms with Gasteiger partial charge in [-0.1, -0.05) is 12.1 Å². The van der Waals surface area contributed by atoms with Crippen LogP contribution in [0.15, 0.2) is 34.7 Å². The molecule has 120 valence electrons. The third-order valence-electron chi connectivity index (χ3n) is 4.01. The summed E-state index contributed by atoms with van der Waals surface area (Å²) < 4.78 is 5.38. The lowest BCUT2D eigenvalue weighted by Gasteiger charge is -2.22. The van der Waals surface area contributed by atoms with Gasteiger partial charge in [0.2, 0.25) is 0 Å². The summed E-state index contributed by atoms with van der Waals surface area (Å²) in [6, 6.07) is 8.64. The van der Waals surface area contributed by atoms with E-state index in [1.807, 2.05) is 6.07 Å². The van der Waals surface area contributed by atoms with Gasteiger partial charge in [0.1, 0.15) is 11.5 Å². The van der Waals surface area contributed by atoms with E-state index in [2.05, 4.69) is 0 Å². The highest BCUT2D eigenvalue weighted by Gasteiger charge is 2.34. The van der Waals surface area contributed by atoms with Crippen LogP contribution in [0.25, 0.3) is 0 Å². The molecule has 5 heteroatoms. The summed E-state index contributed by atoms with van der Waals surface area (Å²) >= 11 is 0. The molecule has 0 atom stereocenters. The average Bonchev–Trinajstić information content (AvgIpc) is 3.26. The number of aromatic hydroxyl groups is 1. The molecule has 3 rings (SSSR count). The van der Waals surface area contributed by atoms with E-state index in [1.165, 1.54) is 13.0 Å². The van der Waals surface area contributed by atoms with Crippen molar-refractivity contribution in [2.45, 2.75) is 39.3 Å². The number of benzene rings is 1. The van der Waals surface area contributed by atoms with Crippen molar-refractivity contribution < 1.29 is 19.1 Å². The van der Waals surface area contributed by atoms with E-state index in [9.17, 15) is 14.7 Å². The van der Waals surface area contributed by atoms with Gasteiger partial charge in [-0.25, -0.2) is 0 Å². The Morgan fingerprint density at radius 2 is 2.04 bits per heavy atom. The maximum absolute atomic E-state index is 12.9. The van der Waals surface area contributed by atoms with Gasteiger partial charge in [-0.15, -0.1) is 0 Å². The van der Waals surface area contributed by atoms with Crippen LogP contribution in [0.3, 0.4) is 0 Å². The number of carbonyl (C=O) groups is 2. The Balaban J connectivity index is 1.86. The normalized spacial score (nSPS) is 13.8. The van der Waals surface area contributed by atoms with Gasteiger partial charge in [-0.3, -0.25) is 9.59 Å². The molecule has 1 aliphatic rings. The Morgan fingerprint density at radius 1 is 1.30 bits per heavy atom. The largest absolute Gasteiger partial charge is 0.508 e. The molecule has 1 amide bonds. The van der Waals surface area contributed by atoms with Crippen molar-refractivity contribution in [3.63, 3.8) is 0 Å². The summed E-state index contributed by atoms with van der Waals surface area (Å²) in [5, 5.41) is 9.59. The van der Waals surface area contributed by atoms with Crippen LogP contribution in [0, 0.1) is 6.92 Å². The molecule has 1 aliphatic carbocycles. The molecule has 1 aromatic carbocycles. The van der Waals surface area contributed by atoms with Crippen LogP contribution in [0.4, 0.5) is 0 Å². The van der Waals surface area contributed by atoms with Crippen LogP contribution < -0.4 is 0 Å². The minimum Gasteiger partial charge on any atom is -0.508 e. The Hall–Kier alpha value is -2.56. The summed E-state index contributed by atoms with van der Waals surface area (Å²) in [7, 11) is 0. The molecule has 0 saturated heterocycles. The standard InChI is InChI=1S/C18H19NO4/c1-11(20)17-9-16(12(2)23-17)18(22)19(14-6-7-14)10-13-4-3-5-15(21)8-13/h3-5,8-9,14,21H,6-7,10H2,1-2H3. The van der Waals surface area contributed by atoms with Gasteiger partial charge in [0.05, 0.1) is 5.56 Å². The van der Waals surface area contributed by atoms with E-state index in [4.69, 9.17) is 4.42 Å². The van der Waals surface area contributed by atoms with Crippen molar-refractivity contribution >= 4 is 11.7 Å². The summed E-state index contributed by atoms with van der Waals surface area (Å²) in [5.74, 6) is 0.521. The predicted molar refractivity (Wildman–Crippen MR) is 84.5 cm³/mol. The van der Waals surface area contributed by atoms with Gasteiger partial charge in [-0.05, 0) is 37.5 Å². The number of phenolic OH excluding ortho intramolecular Hbond substituents is 1. The second kappa shape index (κ2) is 5.91. The Bertz CT molecular complexity index is 758. The summed E-state index contributed by atoms with van der Waals surface area (Å²) in [4.78, 5) is 26.1. The number of amides is 1. The summed E-state index contributed by atoms with van der Waals surface area (Å²) in [6.45, 7) is 3.54. The van der Waals surface area contributed by atoms with Crippen molar-refractivity contribution in [3.8, 4) is 5.75 Å². The third kappa shape index (κ3) is 3.28. The number of furan rings is 1. The van der Waals surface area contributed by atoms with Crippen LogP contribution in [-0.2, 0) is 6.54 Å². The van der Waals surface area contributed by atoms with E-state index in [-0.39, 0.29) is 29.2 Å². The van der Waals surface area contributed by atoms with Crippen molar-refractivity contribution in [1.29, 1.82) is 0 Å². The summed E-state index contributed by atoms with van der Waals surface area (Å²) in [5.41, 5.74) is 1.31. The van der Waals surface area contributed by atoms with Crippen LogP contribution in [0.5, 0.6) is 5.75 Å². The lowest BCUT2D eigenvalue weighted by Crippen LogP contribution is -2.32. The van der Waals surface area contributed by atoms with E-state index < -0.39 is 0 Å². The van der Waals surface area contributed by atoms with Crippen LogP contribution in [0.1, 0.15) is 52.0 Å². The molecule has 5 nitrogen and oxygen atoms in total. The minimum absolute atomic E-state index is 0.135. The first-order chi connectivity index (χ1) is 11.0. The number of nitrogens with zero attached hydrogens (tertiary/aromatic N) is 1. The number of hydrogen-bond donors (Lipinski definition) is 1. The average molecular weight is 313 g/mol. The number of hydrogen-bond acceptors (Lipinski definition) is 4. The van der Waals surface area contributed by atoms with Crippen LogP contribution in [0.2, 0.25) is 0 Å². The molecule has 0 unspecified atom stereocenters. The molecule has 23 heavy (non-hydrogen) atoms. The number of Topliss-reactive ketones (excluding diaryl/α,β-unsaturated/α-hetero) is 1. The lowest BCUT2D eigenvalue weighted by atomic mass is 10.1. The predicted octanol–water partition coefficient (Wildman–Crippen LogP) is 3.30. The van der Waals surface area contributed by atoms with Crippen LogP contribution in [-0.4, -0.2) is 27.7 Å². The molecule has 0 bridgehead atoms. The molecule has 2 aromatic rings. The molecule has 1 saturated carbocycles. The van der Waals surface area contributed by atoms with E-state index in [1.54, 1.807) is 30.0 Å². The fourth-order valence-corrected chi connectivity index (χ4v) is 2.63. The second-order valence-electron chi connectivity index (χ2n) is 5.97. The summed E-state index contributed by atoms with van der Waals surface area (Å²) in [6.07, 6.45) is 1.95. The van der Waals surface area contributed by atoms with Gasteiger partial charge in [-0.2, -0.15) is 0 Å². The SMILES string of the molecule is CC(=O)c1cc(C(=O)N(Cc2cccc(O)c2)C2CC2)c(C)o1. The second-order valence-corrected chi connectivity index (χ2v) is 5.97. The van der Waals surface area contributed by atoms with Crippen molar-refractivity contribution in [2.24, 2.45) is 0 Å². The topological polar surface area (TPSA) is 70.8 Å². The Kier molecular flexibility index (Phi) is 3.94. The number of phenols is 1. The zero-order valence-corrected chi connectivity index (χ0v) is 13.2. The molecule has 1 aromatic heterocycles. The maximum atomic E-state index is 12.9. The highest BCUT2D eigenvalue weighted by atomic mass is 16.3. The maximum Gasteiger partial charge on any atom is 0.257 e. The van der Waals surface area contributed by atoms with Gasteiger partial charge in [0, 0.05) is 25.6 Å². The van der Waals surface area contributed by atoms with Crippen LogP contribution >= 0.6 is 0 Å². The van der Waals surface area contributed by atoms with Crippen molar-refractivity contribution in [2.75, 3.05) is 0 Å². The fourth-order valence-electron chi connectivity index (χ4n) is 2.63. The number of rotatable bonds is 5. The first-order valence-electron chi connectivity index (χ1n) is 7.66. The number of aryl methyl sites for hydroxylation is 1. The zero-order valence-electron chi connectivity index (χ0n) is 13.2. The van der Waals surface area contributed by atoms with Crippen molar-refractivity contribution in [3.05, 3.63) is 53.0 Å². The molecule has 0 spiro atoms. The van der Waals surface area contributed by atoms with E-state index in [0.717, 1.165) is 18.4 Å².